The summed E-state index contributed by atoms with van der Waals surface area (Å²) in [7, 11) is 2.02. The normalized spacial score (nSPS) is 13.0. The molecule has 0 aromatic carbocycles. The first kappa shape index (κ1) is 14.8. The highest BCUT2D eigenvalue weighted by molar-refractivity contribution is 7.20. The van der Waals surface area contributed by atoms with Crippen molar-refractivity contribution in [3.63, 3.8) is 0 Å². The summed E-state index contributed by atoms with van der Waals surface area (Å²) in [6.07, 6.45) is 7.10. The van der Waals surface area contributed by atoms with Crippen LogP contribution in [-0.2, 0) is 0 Å². The van der Waals surface area contributed by atoms with Crippen LogP contribution in [0.3, 0.4) is 0 Å². The van der Waals surface area contributed by atoms with Gasteiger partial charge in [0.25, 0.3) is 0 Å². The highest BCUT2D eigenvalue weighted by Crippen LogP contribution is 2.35. The van der Waals surface area contributed by atoms with Crippen LogP contribution in [0, 0.1) is 0 Å². The van der Waals surface area contributed by atoms with E-state index in [2.05, 4.69) is 37.5 Å². The number of allylic oxidation sites excluding steroid dienone is 1. The van der Waals surface area contributed by atoms with E-state index in [9.17, 15) is 0 Å². The minimum absolute atomic E-state index is 0.563. The number of nitrogens with zero attached hydrogens (tertiary/aromatic N) is 2. The summed E-state index contributed by atoms with van der Waals surface area (Å²) in [5.74, 6) is 0.563. The van der Waals surface area contributed by atoms with Gasteiger partial charge in [0.2, 0.25) is 0 Å². The lowest BCUT2D eigenvalue weighted by Crippen LogP contribution is -2.06. The highest BCUT2D eigenvalue weighted by atomic mass is 32.1. The number of hydrogen-bond acceptors (Lipinski definition) is 3. The third kappa shape index (κ3) is 2.78. The summed E-state index contributed by atoms with van der Waals surface area (Å²) < 4.78 is 1.30. The zero-order valence-corrected chi connectivity index (χ0v) is 13.5. The van der Waals surface area contributed by atoms with Gasteiger partial charge in [0.05, 0.1) is 20.8 Å². The quantitative estimate of drug-likeness (QED) is 0.746. The fourth-order valence-electron chi connectivity index (χ4n) is 2.20. The van der Waals surface area contributed by atoms with Crippen molar-refractivity contribution in [1.82, 2.24) is 9.88 Å². The van der Waals surface area contributed by atoms with Gasteiger partial charge in [-0.05, 0) is 43.2 Å². The van der Waals surface area contributed by atoms with Crippen molar-refractivity contribution < 1.29 is 0 Å². The molecule has 0 saturated heterocycles. The zero-order valence-electron chi connectivity index (χ0n) is 12.7. The molecule has 0 saturated carbocycles. The van der Waals surface area contributed by atoms with E-state index >= 15 is 0 Å². The average Bonchev–Trinajstić information content (AvgIpc) is 2.89. The van der Waals surface area contributed by atoms with E-state index in [1.54, 1.807) is 11.3 Å². The first-order chi connectivity index (χ1) is 9.58. The van der Waals surface area contributed by atoms with Crippen LogP contribution in [0.25, 0.3) is 15.9 Å². The molecule has 0 N–H and O–H groups in total. The van der Waals surface area contributed by atoms with Crippen molar-refractivity contribution >= 4 is 27.3 Å². The first-order valence-electron chi connectivity index (χ1n) is 7.01. The summed E-state index contributed by atoms with van der Waals surface area (Å²) in [5, 5.41) is 0. The lowest BCUT2D eigenvalue weighted by molar-refractivity contribution is 0.658. The lowest BCUT2D eigenvalue weighted by atomic mass is 9.99. The van der Waals surface area contributed by atoms with E-state index in [4.69, 9.17) is 0 Å². The molecule has 0 aliphatic rings. The van der Waals surface area contributed by atoms with Gasteiger partial charge in [-0.25, -0.2) is 0 Å². The van der Waals surface area contributed by atoms with Gasteiger partial charge >= 0.3 is 0 Å². The molecule has 0 amide bonds. The molecule has 2 heterocycles. The molecule has 0 radical (unpaired) electrons. The molecule has 0 spiro atoms. The first-order valence-corrected chi connectivity index (χ1v) is 7.83. The molecular formula is C17H22N2S. The maximum atomic E-state index is 4.50. The number of hydrogen-bond donors (Lipinski definition) is 0. The van der Waals surface area contributed by atoms with Crippen LogP contribution in [-0.4, -0.2) is 16.9 Å². The van der Waals surface area contributed by atoms with Gasteiger partial charge in [0.15, 0.2) is 0 Å². The van der Waals surface area contributed by atoms with Crippen molar-refractivity contribution in [3.05, 3.63) is 47.6 Å². The van der Waals surface area contributed by atoms with Crippen LogP contribution in [0.2, 0.25) is 0 Å². The van der Waals surface area contributed by atoms with Crippen LogP contribution >= 0.6 is 11.3 Å². The van der Waals surface area contributed by atoms with E-state index in [0.29, 0.717) is 5.92 Å². The third-order valence-corrected chi connectivity index (χ3v) is 4.89. The Morgan fingerprint density at radius 2 is 2.30 bits per heavy atom. The van der Waals surface area contributed by atoms with Crippen molar-refractivity contribution in [2.75, 3.05) is 7.05 Å². The molecule has 0 aliphatic carbocycles. The Morgan fingerprint density at radius 3 is 2.95 bits per heavy atom. The lowest BCUT2D eigenvalue weighted by Gasteiger charge is -2.15. The van der Waals surface area contributed by atoms with Crippen LogP contribution in [0.1, 0.15) is 43.6 Å². The van der Waals surface area contributed by atoms with Crippen molar-refractivity contribution in [2.24, 2.45) is 0 Å². The number of fused-ring (bicyclic) bond motifs is 1. The fraction of sp³-hybridized carbons (Fsp3) is 0.353. The molecular weight excluding hydrogens is 264 g/mol. The predicted molar refractivity (Wildman–Crippen MR) is 89.9 cm³/mol. The largest absolute Gasteiger partial charge is 0.351 e. The maximum absolute atomic E-state index is 4.50. The van der Waals surface area contributed by atoms with E-state index in [0.717, 1.165) is 17.6 Å². The molecule has 1 atom stereocenters. The van der Waals surface area contributed by atoms with Crippen molar-refractivity contribution in [3.8, 4) is 0 Å². The van der Waals surface area contributed by atoms with Gasteiger partial charge in [-0.15, -0.1) is 11.3 Å². The maximum Gasteiger partial charge on any atom is 0.0819 e. The molecule has 2 aromatic rings. The Kier molecular flexibility index (Phi) is 4.61. The third-order valence-electron chi connectivity index (χ3n) is 3.67. The Hall–Kier alpha value is -1.61. The molecule has 0 fully saturated rings. The second-order valence-electron chi connectivity index (χ2n) is 5.07. The van der Waals surface area contributed by atoms with Gasteiger partial charge in [-0.1, -0.05) is 26.5 Å². The molecule has 2 nitrogen and oxygen atoms in total. The summed E-state index contributed by atoms with van der Waals surface area (Å²) in [4.78, 5) is 7.73. The monoisotopic (exact) mass is 286 g/mol. The van der Waals surface area contributed by atoms with E-state index in [1.807, 2.05) is 37.3 Å². The second-order valence-corrected chi connectivity index (χ2v) is 6.13. The van der Waals surface area contributed by atoms with Crippen molar-refractivity contribution in [1.29, 1.82) is 0 Å². The van der Waals surface area contributed by atoms with Gasteiger partial charge in [-0.3, -0.25) is 4.98 Å². The van der Waals surface area contributed by atoms with E-state index < -0.39 is 0 Å². The van der Waals surface area contributed by atoms with E-state index in [-0.39, 0.29) is 0 Å². The van der Waals surface area contributed by atoms with Crippen LogP contribution in [0.15, 0.2) is 37.2 Å². The predicted octanol–water partition coefficient (Wildman–Crippen LogP) is 5.25. The molecule has 2 aromatic heterocycles. The number of aromatic nitrogens is 1. The highest BCUT2D eigenvalue weighted by Gasteiger charge is 2.13. The molecule has 0 aliphatic heterocycles. The summed E-state index contributed by atoms with van der Waals surface area (Å²) in [5.41, 5.74) is 3.49. The summed E-state index contributed by atoms with van der Waals surface area (Å²) >= 11 is 1.79. The number of pyridine rings is 1. The van der Waals surface area contributed by atoms with Gasteiger partial charge in [0.1, 0.15) is 0 Å². The standard InChI is InChI=1S/C17H22N2S/c1-6-10-19(5)13(4)16-11-15-17(20-16)14(8-9-18-15)12(3)7-2/h6,8-12H,4,7H2,1-3,5H3/b10-6-. The van der Waals surface area contributed by atoms with E-state index in [1.165, 1.54) is 15.1 Å². The van der Waals surface area contributed by atoms with Gasteiger partial charge in [0, 0.05) is 13.2 Å². The molecule has 20 heavy (non-hydrogen) atoms. The van der Waals surface area contributed by atoms with Gasteiger partial charge in [-0.2, -0.15) is 0 Å². The molecule has 2 rings (SSSR count). The Morgan fingerprint density at radius 1 is 1.55 bits per heavy atom. The van der Waals surface area contributed by atoms with Crippen LogP contribution in [0.5, 0.6) is 0 Å². The summed E-state index contributed by atoms with van der Waals surface area (Å²) in [6.45, 7) is 10.7. The summed E-state index contributed by atoms with van der Waals surface area (Å²) in [6, 6.07) is 4.30. The second kappa shape index (κ2) is 6.23. The van der Waals surface area contributed by atoms with Crippen LogP contribution < -0.4 is 0 Å². The average molecular weight is 286 g/mol. The SMILES string of the molecule is C=C(c1cc2nccc(C(C)CC)c2s1)N(C)/C=C\C. The minimum atomic E-state index is 0.563. The Labute approximate surface area is 125 Å². The Bertz CT molecular complexity index is 639. The molecule has 0 bridgehead atoms. The minimum Gasteiger partial charge on any atom is -0.351 e. The zero-order chi connectivity index (χ0) is 14.7. The van der Waals surface area contributed by atoms with Gasteiger partial charge < -0.3 is 4.90 Å². The molecule has 3 heteroatoms. The fourth-order valence-corrected chi connectivity index (χ4v) is 3.45. The number of rotatable bonds is 5. The molecule has 106 valence electrons. The topological polar surface area (TPSA) is 16.1 Å². The smallest absolute Gasteiger partial charge is 0.0819 e. The van der Waals surface area contributed by atoms with Crippen LogP contribution in [0.4, 0.5) is 0 Å². The Balaban J connectivity index is 2.46. The number of thiophene rings is 1. The molecule has 1 unspecified atom stereocenters. The van der Waals surface area contributed by atoms with Crippen molar-refractivity contribution in [2.45, 2.75) is 33.1 Å².